The van der Waals surface area contributed by atoms with E-state index >= 15 is 0 Å². The average Bonchev–Trinajstić information content (AvgIpc) is 2.97. The molecule has 2 heterocycles. The van der Waals surface area contributed by atoms with Gasteiger partial charge in [0.25, 0.3) is 0 Å². The first-order valence-corrected chi connectivity index (χ1v) is 5.49. The predicted molar refractivity (Wildman–Crippen MR) is 53.4 cm³/mol. The topological polar surface area (TPSA) is 44.1 Å². The minimum atomic E-state index is -0.105. The van der Waals surface area contributed by atoms with E-state index < -0.39 is 0 Å². The third-order valence-electron chi connectivity index (χ3n) is 3.03. The van der Waals surface area contributed by atoms with E-state index in [9.17, 15) is 4.79 Å². The summed E-state index contributed by atoms with van der Waals surface area (Å²) in [6, 6.07) is 0.644. The smallest absolute Gasteiger partial charge is 0.138 e. The summed E-state index contributed by atoms with van der Waals surface area (Å²) >= 11 is 0. The highest BCUT2D eigenvalue weighted by Crippen LogP contribution is 2.35. The molecule has 1 saturated heterocycles. The summed E-state index contributed by atoms with van der Waals surface area (Å²) in [5, 5.41) is 0. The largest absolute Gasteiger partial charge is 0.371 e. The van der Waals surface area contributed by atoms with Gasteiger partial charge in [-0.2, -0.15) is 0 Å². The second kappa shape index (κ2) is 3.45. The quantitative estimate of drug-likeness (QED) is 0.738. The van der Waals surface area contributed by atoms with E-state index in [1.165, 1.54) is 12.8 Å². The molecule has 80 valence electrons. The van der Waals surface area contributed by atoms with E-state index in [2.05, 4.69) is 9.55 Å². The standard InChI is InChI=1S/C11H14N2O2/c14-9-3-4-15-11(5-9)10-6-13(7-12-10)8-1-2-8/h6-8,11H,1-5H2. The van der Waals surface area contributed by atoms with Gasteiger partial charge in [-0.25, -0.2) is 4.98 Å². The third kappa shape index (κ3) is 1.81. The van der Waals surface area contributed by atoms with Gasteiger partial charge in [-0.1, -0.05) is 0 Å². The van der Waals surface area contributed by atoms with Gasteiger partial charge in [0.05, 0.1) is 18.6 Å². The first-order chi connectivity index (χ1) is 7.33. The number of Topliss-reactive ketones (excluding diaryl/α,β-unsaturated/α-hetero) is 1. The summed E-state index contributed by atoms with van der Waals surface area (Å²) in [5.41, 5.74) is 0.912. The Hall–Kier alpha value is -1.16. The molecule has 1 saturated carbocycles. The fraction of sp³-hybridized carbons (Fsp3) is 0.636. The molecule has 1 aromatic heterocycles. The second-order valence-electron chi connectivity index (χ2n) is 4.33. The fourth-order valence-corrected chi connectivity index (χ4v) is 1.96. The van der Waals surface area contributed by atoms with Gasteiger partial charge < -0.3 is 9.30 Å². The van der Waals surface area contributed by atoms with Crippen LogP contribution in [0.2, 0.25) is 0 Å². The van der Waals surface area contributed by atoms with Crippen molar-refractivity contribution in [2.24, 2.45) is 0 Å². The van der Waals surface area contributed by atoms with Crippen LogP contribution in [0.25, 0.3) is 0 Å². The summed E-state index contributed by atoms with van der Waals surface area (Å²) in [4.78, 5) is 15.6. The van der Waals surface area contributed by atoms with E-state index in [1.807, 2.05) is 12.5 Å². The van der Waals surface area contributed by atoms with Crippen molar-refractivity contribution in [2.75, 3.05) is 6.61 Å². The lowest BCUT2D eigenvalue weighted by Crippen LogP contribution is -2.19. The SMILES string of the molecule is O=C1CCOC(c2cn(C3CC3)cn2)C1. The molecular weight excluding hydrogens is 192 g/mol. The zero-order valence-electron chi connectivity index (χ0n) is 8.56. The number of hydrogen-bond donors (Lipinski definition) is 0. The number of nitrogens with zero attached hydrogens (tertiary/aromatic N) is 2. The molecule has 0 spiro atoms. The zero-order chi connectivity index (χ0) is 10.3. The summed E-state index contributed by atoms with van der Waals surface area (Å²) in [7, 11) is 0. The molecule has 3 rings (SSSR count). The van der Waals surface area contributed by atoms with Crippen molar-refractivity contribution >= 4 is 5.78 Å². The number of ether oxygens (including phenoxy) is 1. The molecule has 0 aromatic carbocycles. The lowest BCUT2D eigenvalue weighted by atomic mass is 10.1. The van der Waals surface area contributed by atoms with E-state index in [1.54, 1.807) is 0 Å². The number of hydrogen-bond acceptors (Lipinski definition) is 3. The highest BCUT2D eigenvalue weighted by Gasteiger charge is 2.27. The molecule has 1 aromatic rings. The monoisotopic (exact) mass is 206 g/mol. The Kier molecular flexibility index (Phi) is 2.09. The minimum Gasteiger partial charge on any atom is -0.371 e. The van der Waals surface area contributed by atoms with Crippen LogP contribution in [0, 0.1) is 0 Å². The summed E-state index contributed by atoms with van der Waals surface area (Å²) < 4.78 is 7.69. The van der Waals surface area contributed by atoms with Crippen molar-refractivity contribution in [3.8, 4) is 0 Å². The maximum atomic E-state index is 11.3. The molecule has 0 bridgehead atoms. The number of carbonyl (C=O) groups excluding carboxylic acids is 1. The molecule has 1 unspecified atom stereocenters. The Morgan fingerprint density at radius 3 is 3.07 bits per heavy atom. The van der Waals surface area contributed by atoms with Crippen LogP contribution in [0.4, 0.5) is 0 Å². The van der Waals surface area contributed by atoms with E-state index in [0.29, 0.717) is 25.5 Å². The number of carbonyl (C=O) groups is 1. The zero-order valence-corrected chi connectivity index (χ0v) is 8.56. The van der Waals surface area contributed by atoms with Crippen molar-refractivity contribution in [2.45, 2.75) is 37.8 Å². The molecule has 2 fully saturated rings. The fourth-order valence-electron chi connectivity index (χ4n) is 1.96. The van der Waals surface area contributed by atoms with E-state index in [0.717, 1.165) is 5.69 Å². The minimum absolute atomic E-state index is 0.105. The van der Waals surface area contributed by atoms with Gasteiger partial charge in [0, 0.05) is 25.1 Å². The van der Waals surface area contributed by atoms with Gasteiger partial charge in [-0.05, 0) is 12.8 Å². The van der Waals surface area contributed by atoms with Crippen molar-refractivity contribution in [3.63, 3.8) is 0 Å². The maximum absolute atomic E-state index is 11.3. The Bertz CT molecular complexity index is 382. The average molecular weight is 206 g/mol. The normalized spacial score (nSPS) is 26.9. The number of aromatic nitrogens is 2. The van der Waals surface area contributed by atoms with Crippen LogP contribution in [-0.4, -0.2) is 21.9 Å². The highest BCUT2D eigenvalue weighted by molar-refractivity contribution is 5.79. The molecule has 15 heavy (non-hydrogen) atoms. The number of ketones is 1. The van der Waals surface area contributed by atoms with Crippen LogP contribution in [-0.2, 0) is 9.53 Å². The molecule has 0 radical (unpaired) electrons. The third-order valence-corrected chi connectivity index (χ3v) is 3.03. The molecule has 0 amide bonds. The Morgan fingerprint density at radius 1 is 1.47 bits per heavy atom. The van der Waals surface area contributed by atoms with Crippen LogP contribution in [0.1, 0.15) is 43.5 Å². The number of rotatable bonds is 2. The molecule has 4 nitrogen and oxygen atoms in total. The molecule has 4 heteroatoms. The van der Waals surface area contributed by atoms with Crippen LogP contribution >= 0.6 is 0 Å². The second-order valence-corrected chi connectivity index (χ2v) is 4.33. The van der Waals surface area contributed by atoms with Crippen molar-refractivity contribution in [1.82, 2.24) is 9.55 Å². The summed E-state index contributed by atoms with van der Waals surface area (Å²) in [6.07, 6.45) is 7.32. The van der Waals surface area contributed by atoms with Crippen LogP contribution < -0.4 is 0 Å². The predicted octanol–water partition coefficient (Wildman–Crippen LogP) is 1.64. The van der Waals surface area contributed by atoms with Crippen molar-refractivity contribution in [1.29, 1.82) is 0 Å². The van der Waals surface area contributed by atoms with Crippen LogP contribution in [0.15, 0.2) is 12.5 Å². The number of imidazole rings is 1. The Morgan fingerprint density at radius 2 is 2.33 bits per heavy atom. The van der Waals surface area contributed by atoms with E-state index in [4.69, 9.17) is 4.74 Å². The lowest BCUT2D eigenvalue weighted by Gasteiger charge is -2.19. The summed E-state index contributed by atoms with van der Waals surface area (Å²) in [5.74, 6) is 0.284. The van der Waals surface area contributed by atoms with Gasteiger partial charge in [0.1, 0.15) is 11.9 Å². The molecule has 1 aliphatic carbocycles. The molecule has 1 aliphatic heterocycles. The summed E-state index contributed by atoms with van der Waals surface area (Å²) in [6.45, 7) is 0.541. The lowest BCUT2D eigenvalue weighted by molar-refractivity contribution is -0.128. The Labute approximate surface area is 88.3 Å². The molecule has 0 N–H and O–H groups in total. The Balaban J connectivity index is 1.76. The van der Waals surface area contributed by atoms with E-state index in [-0.39, 0.29) is 11.9 Å². The van der Waals surface area contributed by atoms with Crippen molar-refractivity contribution in [3.05, 3.63) is 18.2 Å². The molecule has 1 atom stereocenters. The van der Waals surface area contributed by atoms with Crippen LogP contribution in [0.5, 0.6) is 0 Å². The van der Waals surface area contributed by atoms with Gasteiger partial charge in [-0.3, -0.25) is 4.79 Å². The van der Waals surface area contributed by atoms with Gasteiger partial charge in [0.2, 0.25) is 0 Å². The van der Waals surface area contributed by atoms with Gasteiger partial charge >= 0.3 is 0 Å². The maximum Gasteiger partial charge on any atom is 0.138 e. The first kappa shape index (κ1) is 9.09. The van der Waals surface area contributed by atoms with Crippen molar-refractivity contribution < 1.29 is 9.53 Å². The molecular formula is C11H14N2O2. The first-order valence-electron chi connectivity index (χ1n) is 5.49. The highest BCUT2D eigenvalue weighted by atomic mass is 16.5. The van der Waals surface area contributed by atoms with Gasteiger partial charge in [0.15, 0.2) is 0 Å². The molecule has 2 aliphatic rings. The van der Waals surface area contributed by atoms with Gasteiger partial charge in [-0.15, -0.1) is 0 Å². The van der Waals surface area contributed by atoms with Crippen LogP contribution in [0.3, 0.4) is 0 Å².